The second-order valence-corrected chi connectivity index (χ2v) is 4.26. The van der Waals surface area contributed by atoms with Gasteiger partial charge < -0.3 is 17.5 Å². The van der Waals surface area contributed by atoms with Crippen LogP contribution in [-0.2, 0) is 0 Å². The lowest BCUT2D eigenvalue weighted by Gasteiger charge is -2.02. The molecule has 0 aromatic heterocycles. The zero-order chi connectivity index (χ0) is 10.5. The summed E-state index contributed by atoms with van der Waals surface area (Å²) < 4.78 is 0. The normalized spacial score (nSPS) is 18.6. The van der Waals surface area contributed by atoms with Crippen LogP contribution in [0.1, 0.15) is 11.7 Å². The number of benzene rings is 1. The molecule has 0 aliphatic carbocycles. The quantitative estimate of drug-likeness (QED) is 0.503. The zero-order valence-corrected chi connectivity index (χ0v) is 10.2. The number of amidine groups is 1. The molecule has 88 valence electrons. The van der Waals surface area contributed by atoms with Crippen molar-refractivity contribution in [2.45, 2.75) is 6.17 Å². The molecule has 1 unspecified atom stereocenters. The van der Waals surface area contributed by atoms with E-state index in [1.165, 1.54) is 5.56 Å². The summed E-state index contributed by atoms with van der Waals surface area (Å²) >= 11 is 1.54. The fourth-order valence-corrected chi connectivity index (χ4v) is 2.02. The summed E-state index contributed by atoms with van der Waals surface area (Å²) in [6.07, 6.45) is 0.104. The molecule has 0 saturated heterocycles. The summed E-state index contributed by atoms with van der Waals surface area (Å²) in [5.74, 6) is 0.682. The number of halogens is 1. The van der Waals surface area contributed by atoms with Crippen LogP contribution < -0.4 is 23.3 Å². The largest absolute Gasteiger partial charge is 1.00 e. The number of aliphatic hydroxyl groups is 1. The van der Waals surface area contributed by atoms with E-state index >= 15 is 0 Å². The van der Waals surface area contributed by atoms with Gasteiger partial charge in [-0.15, -0.1) is 0 Å². The van der Waals surface area contributed by atoms with Crippen molar-refractivity contribution in [3.8, 4) is 0 Å². The van der Waals surface area contributed by atoms with Crippen LogP contribution in [0.25, 0.3) is 0 Å². The monoisotopic (exact) mass is 259 g/mol. The number of aliphatic imine (C=N–C) groups is 1. The molecule has 4 nitrogen and oxygen atoms in total. The molecule has 4 N–H and O–H groups in total. The van der Waals surface area contributed by atoms with Gasteiger partial charge in [0.25, 0.3) is 0 Å². The number of hydrogen-bond acceptors (Lipinski definition) is 4. The maximum atomic E-state index is 8.70. The molecular weight excluding hydrogens is 246 g/mol. The Kier molecular flexibility index (Phi) is 5.62. The van der Waals surface area contributed by atoms with Crippen molar-refractivity contribution in [2.75, 3.05) is 12.4 Å². The molecule has 1 aromatic rings. The molecular formula is C10H14ClN3OS. The number of rotatable bonds is 3. The van der Waals surface area contributed by atoms with E-state index in [1.807, 2.05) is 23.6 Å². The van der Waals surface area contributed by atoms with Crippen molar-refractivity contribution >= 4 is 16.9 Å². The Morgan fingerprint density at radius 1 is 1.38 bits per heavy atom. The third-order valence-electron chi connectivity index (χ3n) is 2.09. The van der Waals surface area contributed by atoms with Crippen LogP contribution >= 0.6 is 11.8 Å². The van der Waals surface area contributed by atoms with Crippen LogP contribution in [-0.4, -0.2) is 22.6 Å². The van der Waals surface area contributed by atoms with Crippen LogP contribution in [0.3, 0.4) is 0 Å². The lowest BCUT2D eigenvalue weighted by atomic mass is 10.2. The first kappa shape index (κ1) is 13.3. The standard InChI is InChI=1S/C10H13N3OS.ClH/c14-6-7-15-10-11-9(12-13-10)8-4-2-1-3-5-8;/h1-5,9,12,14H,6-7H2,(H,11,13);1H. The first-order valence-corrected chi connectivity index (χ1v) is 5.85. The van der Waals surface area contributed by atoms with E-state index in [0.717, 1.165) is 5.17 Å². The van der Waals surface area contributed by atoms with Gasteiger partial charge in [-0.3, -0.25) is 0 Å². The van der Waals surface area contributed by atoms with Crippen LogP contribution in [0, 0.1) is 0 Å². The number of nitrogens with zero attached hydrogens (tertiary/aromatic N) is 1. The summed E-state index contributed by atoms with van der Waals surface area (Å²) in [5, 5.41) is 9.58. The topological polar surface area (TPSA) is 61.2 Å². The fourth-order valence-electron chi connectivity index (χ4n) is 1.39. The van der Waals surface area contributed by atoms with Crippen molar-refractivity contribution in [3.63, 3.8) is 0 Å². The molecule has 1 atom stereocenters. The molecule has 1 aromatic carbocycles. The minimum absolute atomic E-state index is 0. The van der Waals surface area contributed by atoms with E-state index in [9.17, 15) is 0 Å². The number of thioether (sulfide) groups is 1. The fraction of sp³-hybridized carbons (Fsp3) is 0.300. The third kappa shape index (κ3) is 3.38. The molecule has 16 heavy (non-hydrogen) atoms. The highest BCUT2D eigenvalue weighted by molar-refractivity contribution is 8.13. The number of nitrogens with two attached hydrogens (primary N) is 1. The van der Waals surface area contributed by atoms with Crippen LogP contribution in [0.15, 0.2) is 35.3 Å². The van der Waals surface area contributed by atoms with Crippen LogP contribution in [0.5, 0.6) is 0 Å². The van der Waals surface area contributed by atoms with E-state index in [-0.39, 0.29) is 25.2 Å². The molecule has 0 fully saturated rings. The SMILES string of the molecule is OCCSC1=NC(c2ccccc2)[NH2+]N1.[Cl-]. The second kappa shape index (κ2) is 6.75. The first-order valence-electron chi connectivity index (χ1n) is 4.86. The Morgan fingerprint density at radius 2 is 2.12 bits per heavy atom. The maximum Gasteiger partial charge on any atom is 0.230 e. The smallest absolute Gasteiger partial charge is 0.230 e. The Bertz CT molecular complexity index is 347. The van der Waals surface area contributed by atoms with Gasteiger partial charge in [0.2, 0.25) is 11.3 Å². The number of quaternary nitrogens is 1. The molecule has 0 saturated carbocycles. The number of hydrogen-bond donors (Lipinski definition) is 3. The highest BCUT2D eigenvalue weighted by Crippen LogP contribution is 2.14. The second-order valence-electron chi connectivity index (χ2n) is 3.17. The number of nitrogens with one attached hydrogen (secondary N) is 1. The third-order valence-corrected chi connectivity index (χ3v) is 2.98. The molecule has 0 radical (unpaired) electrons. The lowest BCUT2D eigenvalue weighted by molar-refractivity contribution is -0.724. The van der Waals surface area contributed by atoms with Gasteiger partial charge in [0.1, 0.15) is 0 Å². The molecule has 2 rings (SSSR count). The molecule has 1 aliphatic rings. The van der Waals surface area contributed by atoms with E-state index < -0.39 is 0 Å². The summed E-state index contributed by atoms with van der Waals surface area (Å²) in [4.78, 5) is 4.50. The van der Waals surface area contributed by atoms with Gasteiger partial charge in [0.15, 0.2) is 0 Å². The van der Waals surface area contributed by atoms with Crippen molar-refractivity contribution in [1.82, 2.24) is 5.43 Å². The summed E-state index contributed by atoms with van der Waals surface area (Å²) in [7, 11) is 0. The summed E-state index contributed by atoms with van der Waals surface area (Å²) in [5.41, 5.74) is 6.27. The molecule has 0 amide bonds. The average molecular weight is 260 g/mol. The highest BCUT2D eigenvalue weighted by Gasteiger charge is 2.21. The highest BCUT2D eigenvalue weighted by atomic mass is 35.5. The van der Waals surface area contributed by atoms with Gasteiger partial charge in [-0.2, -0.15) is 4.99 Å². The van der Waals surface area contributed by atoms with E-state index in [4.69, 9.17) is 5.11 Å². The summed E-state index contributed by atoms with van der Waals surface area (Å²) in [6.45, 7) is 0.182. The van der Waals surface area contributed by atoms with Crippen molar-refractivity contribution in [3.05, 3.63) is 35.9 Å². The minimum atomic E-state index is 0. The predicted octanol–water partition coefficient (Wildman–Crippen LogP) is -3.15. The average Bonchev–Trinajstić information content (AvgIpc) is 2.76. The Balaban J connectivity index is 0.00000128. The number of aliphatic hydroxyl groups excluding tert-OH is 1. The zero-order valence-electron chi connectivity index (χ0n) is 8.64. The van der Waals surface area contributed by atoms with Gasteiger partial charge in [-0.05, 0) is 0 Å². The van der Waals surface area contributed by atoms with E-state index in [0.29, 0.717) is 5.75 Å². The van der Waals surface area contributed by atoms with Crippen molar-refractivity contribution in [2.24, 2.45) is 4.99 Å². The van der Waals surface area contributed by atoms with Gasteiger partial charge in [0, 0.05) is 11.3 Å². The molecule has 0 spiro atoms. The van der Waals surface area contributed by atoms with Crippen molar-refractivity contribution in [1.29, 1.82) is 0 Å². The van der Waals surface area contributed by atoms with Crippen LogP contribution in [0.4, 0.5) is 0 Å². The molecule has 1 aliphatic heterocycles. The first-order chi connectivity index (χ1) is 7.40. The van der Waals surface area contributed by atoms with Crippen molar-refractivity contribution < 1.29 is 22.9 Å². The molecule has 1 heterocycles. The maximum absolute atomic E-state index is 8.70. The molecule has 0 bridgehead atoms. The van der Waals surface area contributed by atoms with E-state index in [1.54, 1.807) is 11.8 Å². The summed E-state index contributed by atoms with van der Waals surface area (Å²) in [6, 6.07) is 10.1. The minimum Gasteiger partial charge on any atom is -1.00 e. The van der Waals surface area contributed by atoms with Gasteiger partial charge >= 0.3 is 0 Å². The Hall–Kier alpha value is -0.750. The predicted molar refractivity (Wildman–Crippen MR) is 61.2 cm³/mol. The van der Waals surface area contributed by atoms with Gasteiger partial charge in [-0.1, -0.05) is 42.1 Å². The molecule has 6 heteroatoms. The van der Waals surface area contributed by atoms with Gasteiger partial charge in [0.05, 0.1) is 6.61 Å². The van der Waals surface area contributed by atoms with Gasteiger partial charge in [-0.25, -0.2) is 10.9 Å². The Labute approximate surface area is 105 Å². The lowest BCUT2D eigenvalue weighted by Crippen LogP contribution is -3.00. The Morgan fingerprint density at radius 3 is 2.81 bits per heavy atom. The van der Waals surface area contributed by atoms with E-state index in [2.05, 4.69) is 22.6 Å². The van der Waals surface area contributed by atoms with Crippen LogP contribution in [0.2, 0.25) is 0 Å².